The van der Waals surface area contributed by atoms with Crippen LogP contribution in [0.1, 0.15) is 6.92 Å². The van der Waals surface area contributed by atoms with Crippen LogP contribution in [0.3, 0.4) is 0 Å². The number of amides is 1. The first-order valence-corrected chi connectivity index (χ1v) is 5.52. The molecule has 2 aromatic rings. The standard InChI is InChI=1S/C11H9FN2OS/c1-7(15)13-11-14-10(6-16-11)8-3-2-4-9(12)5-8/h2-6H,1H3,(H,13,14,15). The maximum Gasteiger partial charge on any atom is 0.223 e. The van der Waals surface area contributed by atoms with Crippen molar-refractivity contribution in [1.82, 2.24) is 4.98 Å². The van der Waals surface area contributed by atoms with E-state index in [2.05, 4.69) is 10.3 Å². The number of nitrogens with zero attached hydrogens (tertiary/aromatic N) is 1. The lowest BCUT2D eigenvalue weighted by molar-refractivity contribution is -0.114. The number of benzene rings is 1. The van der Waals surface area contributed by atoms with Crippen LogP contribution in [-0.4, -0.2) is 10.9 Å². The Morgan fingerprint density at radius 1 is 1.50 bits per heavy atom. The molecule has 2 rings (SSSR count). The number of thiazole rings is 1. The summed E-state index contributed by atoms with van der Waals surface area (Å²) in [4.78, 5) is 15.0. The van der Waals surface area contributed by atoms with E-state index in [1.807, 2.05) is 0 Å². The number of carbonyl (C=O) groups is 1. The minimum absolute atomic E-state index is 0.167. The predicted octanol–water partition coefficient (Wildman–Crippen LogP) is 2.91. The number of anilines is 1. The summed E-state index contributed by atoms with van der Waals surface area (Å²) in [6.45, 7) is 1.42. The maximum atomic E-state index is 13.0. The fourth-order valence-corrected chi connectivity index (χ4v) is 2.03. The van der Waals surface area contributed by atoms with Crippen LogP contribution in [0.15, 0.2) is 29.6 Å². The van der Waals surface area contributed by atoms with Crippen molar-refractivity contribution in [3.63, 3.8) is 0 Å². The minimum Gasteiger partial charge on any atom is -0.302 e. The molecule has 1 aromatic carbocycles. The summed E-state index contributed by atoms with van der Waals surface area (Å²) >= 11 is 1.31. The molecule has 1 aromatic heterocycles. The van der Waals surface area contributed by atoms with Gasteiger partial charge in [0, 0.05) is 17.9 Å². The van der Waals surface area contributed by atoms with Gasteiger partial charge in [-0.25, -0.2) is 9.37 Å². The lowest BCUT2D eigenvalue weighted by Crippen LogP contribution is -2.04. The first kappa shape index (κ1) is 10.8. The highest BCUT2D eigenvalue weighted by atomic mass is 32.1. The van der Waals surface area contributed by atoms with E-state index in [4.69, 9.17) is 0 Å². The smallest absolute Gasteiger partial charge is 0.223 e. The highest BCUT2D eigenvalue weighted by molar-refractivity contribution is 7.14. The lowest BCUT2D eigenvalue weighted by Gasteiger charge is -1.96. The van der Waals surface area contributed by atoms with Gasteiger partial charge in [-0.1, -0.05) is 12.1 Å². The van der Waals surface area contributed by atoms with Crippen molar-refractivity contribution in [1.29, 1.82) is 0 Å². The van der Waals surface area contributed by atoms with E-state index in [1.54, 1.807) is 17.5 Å². The molecule has 0 aliphatic rings. The second-order valence-electron chi connectivity index (χ2n) is 3.23. The Morgan fingerprint density at radius 3 is 3.00 bits per heavy atom. The lowest BCUT2D eigenvalue weighted by atomic mass is 10.2. The zero-order valence-electron chi connectivity index (χ0n) is 8.53. The molecule has 1 amide bonds. The van der Waals surface area contributed by atoms with Crippen molar-refractivity contribution in [2.24, 2.45) is 0 Å². The van der Waals surface area contributed by atoms with Crippen molar-refractivity contribution in [3.8, 4) is 11.3 Å². The van der Waals surface area contributed by atoms with Gasteiger partial charge in [0.15, 0.2) is 5.13 Å². The Hall–Kier alpha value is -1.75. The molecule has 0 fully saturated rings. The van der Waals surface area contributed by atoms with Crippen molar-refractivity contribution in [3.05, 3.63) is 35.5 Å². The van der Waals surface area contributed by atoms with Gasteiger partial charge >= 0.3 is 0 Å². The molecule has 0 saturated carbocycles. The highest BCUT2D eigenvalue weighted by Gasteiger charge is 2.05. The summed E-state index contributed by atoms with van der Waals surface area (Å²) in [7, 11) is 0. The monoisotopic (exact) mass is 236 g/mol. The topological polar surface area (TPSA) is 42.0 Å². The Morgan fingerprint density at radius 2 is 2.31 bits per heavy atom. The fourth-order valence-electron chi connectivity index (χ4n) is 1.26. The van der Waals surface area contributed by atoms with Crippen molar-refractivity contribution in [2.45, 2.75) is 6.92 Å². The van der Waals surface area contributed by atoms with Gasteiger partial charge in [0.2, 0.25) is 5.91 Å². The second-order valence-corrected chi connectivity index (χ2v) is 4.09. The largest absolute Gasteiger partial charge is 0.302 e. The SMILES string of the molecule is CC(=O)Nc1nc(-c2cccc(F)c2)cs1. The van der Waals surface area contributed by atoms with Gasteiger partial charge in [-0.2, -0.15) is 0 Å². The van der Waals surface area contributed by atoms with E-state index in [0.717, 1.165) is 0 Å². The first-order chi connectivity index (χ1) is 7.65. The summed E-state index contributed by atoms with van der Waals surface area (Å²) in [5.74, 6) is -0.466. The van der Waals surface area contributed by atoms with E-state index in [0.29, 0.717) is 16.4 Å². The molecule has 0 radical (unpaired) electrons. The van der Waals surface area contributed by atoms with Crippen LogP contribution in [0, 0.1) is 5.82 Å². The van der Waals surface area contributed by atoms with E-state index in [-0.39, 0.29) is 11.7 Å². The maximum absolute atomic E-state index is 13.0. The van der Waals surface area contributed by atoms with Gasteiger partial charge in [0.05, 0.1) is 5.69 Å². The van der Waals surface area contributed by atoms with Crippen molar-refractivity contribution < 1.29 is 9.18 Å². The number of hydrogen-bond donors (Lipinski definition) is 1. The van der Waals surface area contributed by atoms with Gasteiger partial charge in [0.25, 0.3) is 0 Å². The third-order valence-corrected chi connectivity index (χ3v) is 2.67. The highest BCUT2D eigenvalue weighted by Crippen LogP contribution is 2.25. The third kappa shape index (κ3) is 2.43. The number of rotatable bonds is 2. The van der Waals surface area contributed by atoms with Gasteiger partial charge < -0.3 is 5.32 Å². The number of aromatic nitrogens is 1. The van der Waals surface area contributed by atoms with Crippen LogP contribution in [0.25, 0.3) is 11.3 Å². The summed E-state index contributed by atoms with van der Waals surface area (Å²) in [5.41, 5.74) is 1.36. The molecule has 5 heteroatoms. The van der Waals surface area contributed by atoms with Crippen LogP contribution >= 0.6 is 11.3 Å². The quantitative estimate of drug-likeness (QED) is 0.871. The van der Waals surface area contributed by atoms with Crippen LogP contribution in [0.4, 0.5) is 9.52 Å². The molecular weight excluding hydrogens is 227 g/mol. The molecule has 1 N–H and O–H groups in total. The number of nitrogens with one attached hydrogen (secondary N) is 1. The second kappa shape index (κ2) is 4.40. The normalized spacial score (nSPS) is 10.1. The summed E-state index contributed by atoms with van der Waals surface area (Å²) in [6, 6.07) is 6.19. The van der Waals surface area contributed by atoms with Crippen LogP contribution < -0.4 is 5.32 Å². The molecule has 0 saturated heterocycles. The molecule has 82 valence electrons. The zero-order valence-corrected chi connectivity index (χ0v) is 9.34. The fraction of sp³-hybridized carbons (Fsp3) is 0.0909. The summed E-state index contributed by atoms with van der Waals surface area (Å²) in [6.07, 6.45) is 0. The average molecular weight is 236 g/mol. The van der Waals surface area contributed by atoms with E-state index in [9.17, 15) is 9.18 Å². The van der Waals surface area contributed by atoms with Gasteiger partial charge in [-0.3, -0.25) is 4.79 Å². The molecule has 3 nitrogen and oxygen atoms in total. The Bertz CT molecular complexity index is 524. The molecule has 0 atom stereocenters. The van der Waals surface area contributed by atoms with Gasteiger partial charge in [-0.15, -0.1) is 11.3 Å². The van der Waals surface area contributed by atoms with Crippen molar-refractivity contribution in [2.75, 3.05) is 5.32 Å². The molecule has 0 aliphatic carbocycles. The average Bonchev–Trinajstić information content (AvgIpc) is 2.65. The van der Waals surface area contributed by atoms with Crippen molar-refractivity contribution >= 4 is 22.4 Å². The van der Waals surface area contributed by atoms with Crippen LogP contribution in [-0.2, 0) is 4.79 Å². The molecule has 0 bridgehead atoms. The number of hydrogen-bond acceptors (Lipinski definition) is 3. The van der Waals surface area contributed by atoms with E-state index in [1.165, 1.54) is 30.4 Å². The Kier molecular flexibility index (Phi) is 2.96. The Balaban J connectivity index is 2.28. The van der Waals surface area contributed by atoms with E-state index >= 15 is 0 Å². The zero-order chi connectivity index (χ0) is 11.5. The molecule has 1 heterocycles. The summed E-state index contributed by atoms with van der Waals surface area (Å²) in [5, 5.41) is 4.88. The molecule has 0 unspecified atom stereocenters. The number of halogens is 1. The first-order valence-electron chi connectivity index (χ1n) is 4.64. The van der Waals surface area contributed by atoms with Crippen LogP contribution in [0.5, 0.6) is 0 Å². The Labute approximate surface area is 96.0 Å². The summed E-state index contributed by atoms with van der Waals surface area (Å²) < 4.78 is 13.0. The van der Waals surface area contributed by atoms with Crippen LogP contribution in [0.2, 0.25) is 0 Å². The predicted molar refractivity (Wildman–Crippen MR) is 61.8 cm³/mol. The minimum atomic E-state index is -0.299. The third-order valence-electron chi connectivity index (χ3n) is 1.91. The van der Waals surface area contributed by atoms with E-state index < -0.39 is 0 Å². The molecular formula is C11H9FN2OS. The number of carbonyl (C=O) groups excluding carboxylic acids is 1. The molecule has 0 spiro atoms. The molecule has 0 aliphatic heterocycles. The van der Waals surface area contributed by atoms with Gasteiger partial charge in [-0.05, 0) is 12.1 Å². The van der Waals surface area contributed by atoms with Gasteiger partial charge in [0.1, 0.15) is 5.82 Å². The molecule has 16 heavy (non-hydrogen) atoms.